The Balaban J connectivity index is 2.20. The molecule has 17 heavy (non-hydrogen) atoms. The predicted octanol–water partition coefficient (Wildman–Crippen LogP) is 0.580. The predicted molar refractivity (Wildman–Crippen MR) is 71.0 cm³/mol. The molecule has 0 fully saturated rings. The van der Waals surface area contributed by atoms with Gasteiger partial charge in [-0.15, -0.1) is 0 Å². The van der Waals surface area contributed by atoms with Crippen LogP contribution in [0.2, 0.25) is 0 Å². The third-order valence-corrected chi connectivity index (χ3v) is 2.98. The molecule has 1 heterocycles. The molecule has 0 saturated carbocycles. The number of aryl methyl sites for hydroxylation is 2. The number of imidazole rings is 1. The van der Waals surface area contributed by atoms with E-state index in [2.05, 4.69) is 20.9 Å². The topological polar surface area (TPSA) is 81.9 Å². The van der Waals surface area contributed by atoms with Crippen molar-refractivity contribution in [3.05, 3.63) is 24.0 Å². The van der Waals surface area contributed by atoms with Gasteiger partial charge in [0.2, 0.25) is 0 Å². The van der Waals surface area contributed by atoms with E-state index in [1.54, 1.807) is 0 Å². The summed E-state index contributed by atoms with van der Waals surface area (Å²) in [6, 6.07) is 6.11. The number of nitrogens with zero attached hydrogens (tertiary/aromatic N) is 2. The molecule has 1 aromatic heterocycles. The standard InChI is InChI=1S/C12H19N5/c1-8-16-11-5-10(15-7-9(14)6-13)3-4-12(11)17(8)2/h3-5,9,15H,6-7,13-14H2,1-2H3. The zero-order chi connectivity index (χ0) is 12.4. The Kier molecular flexibility index (Phi) is 3.31. The van der Waals surface area contributed by atoms with Gasteiger partial charge in [-0.25, -0.2) is 4.98 Å². The Morgan fingerprint density at radius 3 is 2.94 bits per heavy atom. The van der Waals surface area contributed by atoms with Crippen molar-refractivity contribution in [1.82, 2.24) is 9.55 Å². The van der Waals surface area contributed by atoms with Gasteiger partial charge in [-0.05, 0) is 25.1 Å². The quantitative estimate of drug-likeness (QED) is 0.721. The molecule has 0 saturated heterocycles. The van der Waals surface area contributed by atoms with Gasteiger partial charge in [-0.2, -0.15) is 0 Å². The first kappa shape index (κ1) is 11.9. The number of hydrogen-bond donors (Lipinski definition) is 3. The van der Waals surface area contributed by atoms with Crippen LogP contribution in [0.25, 0.3) is 11.0 Å². The van der Waals surface area contributed by atoms with Gasteiger partial charge >= 0.3 is 0 Å². The lowest BCUT2D eigenvalue weighted by Gasteiger charge is -2.11. The first-order chi connectivity index (χ1) is 8.11. The number of benzene rings is 1. The molecule has 1 aromatic carbocycles. The smallest absolute Gasteiger partial charge is 0.106 e. The normalized spacial score (nSPS) is 12.9. The molecule has 0 radical (unpaired) electrons. The number of nitrogens with one attached hydrogen (secondary N) is 1. The average Bonchev–Trinajstić information content (AvgIpc) is 2.62. The van der Waals surface area contributed by atoms with Crippen molar-refractivity contribution in [2.45, 2.75) is 13.0 Å². The number of aromatic nitrogens is 2. The van der Waals surface area contributed by atoms with Crippen molar-refractivity contribution in [3.8, 4) is 0 Å². The van der Waals surface area contributed by atoms with Gasteiger partial charge in [0.05, 0.1) is 11.0 Å². The maximum Gasteiger partial charge on any atom is 0.106 e. The maximum absolute atomic E-state index is 5.75. The molecule has 0 bridgehead atoms. The van der Waals surface area contributed by atoms with Crippen LogP contribution in [0.5, 0.6) is 0 Å². The molecule has 1 atom stereocenters. The molecule has 1 unspecified atom stereocenters. The lowest BCUT2D eigenvalue weighted by molar-refractivity contribution is 0.713. The van der Waals surface area contributed by atoms with Crippen LogP contribution in [0.15, 0.2) is 18.2 Å². The largest absolute Gasteiger partial charge is 0.383 e. The highest BCUT2D eigenvalue weighted by atomic mass is 15.1. The summed E-state index contributed by atoms with van der Waals surface area (Å²) < 4.78 is 2.07. The second-order valence-corrected chi connectivity index (χ2v) is 4.30. The number of hydrogen-bond acceptors (Lipinski definition) is 4. The minimum Gasteiger partial charge on any atom is -0.383 e. The Hall–Kier alpha value is -1.59. The van der Waals surface area contributed by atoms with Crippen LogP contribution in [-0.2, 0) is 7.05 Å². The molecule has 0 amide bonds. The van der Waals surface area contributed by atoms with Crippen molar-refractivity contribution >= 4 is 16.7 Å². The van der Waals surface area contributed by atoms with E-state index >= 15 is 0 Å². The van der Waals surface area contributed by atoms with Crippen molar-refractivity contribution in [1.29, 1.82) is 0 Å². The Labute approximate surface area is 101 Å². The number of nitrogens with two attached hydrogens (primary N) is 2. The van der Waals surface area contributed by atoms with Crippen molar-refractivity contribution in [2.75, 3.05) is 18.4 Å². The Morgan fingerprint density at radius 2 is 2.24 bits per heavy atom. The number of anilines is 1. The number of rotatable bonds is 4. The molecule has 0 aliphatic carbocycles. The zero-order valence-electron chi connectivity index (χ0n) is 10.3. The lowest BCUT2D eigenvalue weighted by atomic mass is 10.2. The summed E-state index contributed by atoms with van der Waals surface area (Å²) in [5, 5.41) is 3.26. The van der Waals surface area contributed by atoms with E-state index in [4.69, 9.17) is 11.5 Å². The highest BCUT2D eigenvalue weighted by Gasteiger charge is 2.05. The van der Waals surface area contributed by atoms with Gasteiger partial charge < -0.3 is 21.4 Å². The van der Waals surface area contributed by atoms with E-state index in [-0.39, 0.29) is 6.04 Å². The second-order valence-electron chi connectivity index (χ2n) is 4.30. The fourth-order valence-corrected chi connectivity index (χ4v) is 1.76. The summed E-state index contributed by atoms with van der Waals surface area (Å²) >= 11 is 0. The minimum absolute atomic E-state index is 0.0174. The Morgan fingerprint density at radius 1 is 1.47 bits per heavy atom. The molecule has 5 heteroatoms. The highest BCUT2D eigenvalue weighted by Crippen LogP contribution is 2.19. The minimum atomic E-state index is -0.0174. The molecule has 2 aromatic rings. The first-order valence-corrected chi connectivity index (χ1v) is 5.74. The van der Waals surface area contributed by atoms with Gasteiger partial charge in [-0.1, -0.05) is 0 Å². The summed E-state index contributed by atoms with van der Waals surface area (Å²) in [7, 11) is 2.02. The highest BCUT2D eigenvalue weighted by molar-refractivity contribution is 5.80. The number of fused-ring (bicyclic) bond motifs is 1. The van der Waals surface area contributed by atoms with Gasteiger partial charge in [0.15, 0.2) is 0 Å². The summed E-state index contributed by atoms with van der Waals surface area (Å²) in [5.74, 6) is 1.01. The van der Waals surface area contributed by atoms with Crippen molar-refractivity contribution in [3.63, 3.8) is 0 Å². The molecule has 92 valence electrons. The van der Waals surface area contributed by atoms with E-state index < -0.39 is 0 Å². The molecule has 5 nitrogen and oxygen atoms in total. The van der Waals surface area contributed by atoms with E-state index in [9.17, 15) is 0 Å². The average molecular weight is 233 g/mol. The molecule has 5 N–H and O–H groups in total. The molecule has 2 rings (SSSR count). The van der Waals surface area contributed by atoms with Crippen LogP contribution in [0.3, 0.4) is 0 Å². The van der Waals surface area contributed by atoms with Gasteiger partial charge in [-0.3, -0.25) is 0 Å². The lowest BCUT2D eigenvalue weighted by Crippen LogP contribution is -2.36. The van der Waals surface area contributed by atoms with Crippen molar-refractivity contribution < 1.29 is 0 Å². The summed E-state index contributed by atoms with van der Waals surface area (Å²) in [4.78, 5) is 4.49. The van der Waals surface area contributed by atoms with Crippen LogP contribution >= 0.6 is 0 Å². The first-order valence-electron chi connectivity index (χ1n) is 5.74. The molecule has 0 spiro atoms. The monoisotopic (exact) mass is 233 g/mol. The van der Waals surface area contributed by atoms with E-state index in [0.717, 1.165) is 22.5 Å². The summed E-state index contributed by atoms with van der Waals surface area (Å²) in [5.41, 5.74) is 14.4. The van der Waals surface area contributed by atoms with Crippen LogP contribution in [0.1, 0.15) is 5.82 Å². The molecule has 0 aliphatic heterocycles. The zero-order valence-corrected chi connectivity index (χ0v) is 10.3. The summed E-state index contributed by atoms with van der Waals surface area (Å²) in [6.07, 6.45) is 0. The third-order valence-electron chi connectivity index (χ3n) is 2.98. The SMILES string of the molecule is Cc1nc2cc(NCC(N)CN)ccc2n1C. The van der Waals surface area contributed by atoms with E-state index in [1.165, 1.54) is 0 Å². The fraction of sp³-hybridized carbons (Fsp3) is 0.417. The second kappa shape index (κ2) is 4.73. The fourth-order valence-electron chi connectivity index (χ4n) is 1.76. The van der Waals surface area contributed by atoms with Crippen LogP contribution in [0.4, 0.5) is 5.69 Å². The van der Waals surface area contributed by atoms with Crippen LogP contribution in [-0.4, -0.2) is 28.7 Å². The third kappa shape index (κ3) is 2.40. The van der Waals surface area contributed by atoms with Gasteiger partial charge in [0.25, 0.3) is 0 Å². The van der Waals surface area contributed by atoms with Crippen LogP contribution in [0, 0.1) is 6.92 Å². The Bertz CT molecular complexity index is 517. The van der Waals surface area contributed by atoms with Crippen LogP contribution < -0.4 is 16.8 Å². The van der Waals surface area contributed by atoms with Gasteiger partial charge in [0.1, 0.15) is 5.82 Å². The van der Waals surface area contributed by atoms with Gasteiger partial charge in [0, 0.05) is 31.9 Å². The molecular weight excluding hydrogens is 214 g/mol. The molecule has 0 aliphatic rings. The maximum atomic E-state index is 5.75. The van der Waals surface area contributed by atoms with E-state index in [0.29, 0.717) is 13.1 Å². The molecular formula is C12H19N5. The summed E-state index contributed by atoms with van der Waals surface area (Å²) in [6.45, 7) is 3.16. The van der Waals surface area contributed by atoms with Crippen molar-refractivity contribution in [2.24, 2.45) is 18.5 Å². The van der Waals surface area contributed by atoms with E-state index in [1.807, 2.05) is 26.1 Å².